The van der Waals surface area contributed by atoms with Crippen molar-refractivity contribution in [2.24, 2.45) is 4.99 Å². The molecule has 0 saturated heterocycles. The van der Waals surface area contributed by atoms with Gasteiger partial charge in [-0.3, -0.25) is 0 Å². The van der Waals surface area contributed by atoms with Gasteiger partial charge in [0, 0.05) is 6.42 Å². The van der Waals surface area contributed by atoms with E-state index in [1.165, 1.54) is 64.2 Å². The molecule has 0 aromatic carbocycles. The second-order valence-electron chi connectivity index (χ2n) is 7.49. The van der Waals surface area contributed by atoms with Crippen molar-refractivity contribution < 1.29 is 19.5 Å². The van der Waals surface area contributed by atoms with Crippen LogP contribution in [0.1, 0.15) is 90.4 Å². The number of carboxylic acid groups (broad SMARTS) is 1. The Morgan fingerprint density at radius 1 is 1.00 bits per heavy atom. The zero-order valence-electron chi connectivity index (χ0n) is 16.6. The number of carboxylic acids is 1. The van der Waals surface area contributed by atoms with E-state index in [1.807, 2.05) is 0 Å². The van der Waals surface area contributed by atoms with Gasteiger partial charge in [0.2, 0.25) is 5.84 Å². The molecule has 5 heteroatoms. The van der Waals surface area contributed by atoms with Gasteiger partial charge in [-0.05, 0) is 6.42 Å². The van der Waals surface area contributed by atoms with Gasteiger partial charge in [-0.2, -0.15) is 0 Å². The van der Waals surface area contributed by atoms with Crippen LogP contribution in [0.15, 0.2) is 17.4 Å². The first-order valence-electron chi connectivity index (χ1n) is 10.6. The van der Waals surface area contributed by atoms with Gasteiger partial charge in [0.1, 0.15) is 19.3 Å². The summed E-state index contributed by atoms with van der Waals surface area (Å²) < 4.78 is 0.122. The van der Waals surface area contributed by atoms with Crippen LogP contribution < -0.4 is 5.11 Å². The van der Waals surface area contributed by atoms with Crippen LogP contribution >= 0.6 is 0 Å². The number of carbonyl (C=O) groups excluding carboxylic acids is 1. The number of aliphatic imine (C=N–C) groups is 1. The minimum atomic E-state index is -1.10. The van der Waals surface area contributed by atoms with E-state index in [2.05, 4.69) is 11.9 Å². The SMILES string of the molecule is CCCCCCCCCCCCCCC1=NC=C[N+]1(CCO)CC(=O)[O-]. The Bertz CT molecular complexity index is 449. The first-order chi connectivity index (χ1) is 12.6. The molecule has 0 aromatic rings. The second-order valence-corrected chi connectivity index (χ2v) is 7.49. The molecule has 26 heavy (non-hydrogen) atoms. The van der Waals surface area contributed by atoms with Gasteiger partial charge in [0.25, 0.3) is 0 Å². The molecule has 0 aliphatic carbocycles. The molecule has 1 unspecified atom stereocenters. The zero-order chi connectivity index (χ0) is 19.1. The Balaban J connectivity index is 2.09. The number of aliphatic carboxylic acids is 1. The number of rotatable bonds is 17. The summed E-state index contributed by atoms with van der Waals surface area (Å²) in [4.78, 5) is 15.4. The molecule has 150 valence electrons. The molecule has 0 fully saturated rings. The van der Waals surface area contributed by atoms with Crippen LogP contribution in [0.5, 0.6) is 0 Å². The third-order valence-electron chi connectivity index (χ3n) is 5.25. The molecule has 1 aliphatic heterocycles. The normalized spacial score (nSPS) is 19.1. The quantitative estimate of drug-likeness (QED) is 0.316. The maximum absolute atomic E-state index is 11.1. The van der Waals surface area contributed by atoms with Crippen molar-refractivity contribution in [2.75, 3.05) is 19.7 Å². The van der Waals surface area contributed by atoms with Gasteiger partial charge in [-0.1, -0.05) is 77.6 Å². The number of aliphatic hydroxyl groups is 1. The number of hydrogen-bond acceptors (Lipinski definition) is 4. The molecular formula is C21H38N2O3. The summed E-state index contributed by atoms with van der Waals surface area (Å²) in [5, 5.41) is 20.3. The molecule has 1 atom stereocenters. The van der Waals surface area contributed by atoms with E-state index in [-0.39, 0.29) is 17.6 Å². The summed E-state index contributed by atoms with van der Waals surface area (Å²) >= 11 is 0. The van der Waals surface area contributed by atoms with E-state index in [9.17, 15) is 15.0 Å². The van der Waals surface area contributed by atoms with Gasteiger partial charge in [-0.25, -0.2) is 9.48 Å². The molecule has 1 heterocycles. The van der Waals surface area contributed by atoms with E-state index < -0.39 is 5.97 Å². The van der Waals surface area contributed by atoms with Crippen molar-refractivity contribution in [1.82, 2.24) is 0 Å². The summed E-state index contributed by atoms with van der Waals surface area (Å²) in [5.41, 5.74) is 0. The first-order valence-corrected chi connectivity index (χ1v) is 10.6. The van der Waals surface area contributed by atoms with Crippen molar-refractivity contribution in [3.8, 4) is 0 Å². The number of nitrogens with zero attached hydrogens (tertiary/aromatic N) is 2. The lowest BCUT2D eigenvalue weighted by Crippen LogP contribution is -2.54. The lowest BCUT2D eigenvalue weighted by molar-refractivity contribution is -0.783. The lowest BCUT2D eigenvalue weighted by Gasteiger charge is -2.32. The number of unbranched alkanes of at least 4 members (excludes halogenated alkanes) is 11. The first kappa shape index (κ1) is 22.8. The number of amidine groups is 1. The fourth-order valence-corrected chi connectivity index (χ4v) is 3.69. The molecule has 0 radical (unpaired) electrons. The predicted molar refractivity (Wildman–Crippen MR) is 104 cm³/mol. The largest absolute Gasteiger partial charge is 0.544 e. The van der Waals surface area contributed by atoms with Gasteiger partial charge in [-0.15, -0.1) is 0 Å². The fourth-order valence-electron chi connectivity index (χ4n) is 3.69. The van der Waals surface area contributed by atoms with Crippen molar-refractivity contribution in [3.05, 3.63) is 12.4 Å². The van der Waals surface area contributed by atoms with E-state index in [4.69, 9.17) is 0 Å². The molecule has 0 aromatic heterocycles. The highest BCUT2D eigenvalue weighted by Gasteiger charge is 2.34. The van der Waals surface area contributed by atoms with Gasteiger partial charge >= 0.3 is 0 Å². The predicted octanol–water partition coefficient (Wildman–Crippen LogP) is 3.52. The van der Waals surface area contributed by atoms with Crippen LogP contribution in [0.2, 0.25) is 0 Å². The van der Waals surface area contributed by atoms with Crippen molar-refractivity contribution in [2.45, 2.75) is 90.4 Å². The molecule has 5 nitrogen and oxygen atoms in total. The molecule has 1 rings (SSSR count). The number of quaternary nitrogens is 1. The second kappa shape index (κ2) is 13.9. The highest BCUT2D eigenvalue weighted by molar-refractivity contribution is 5.80. The minimum Gasteiger partial charge on any atom is -0.544 e. The fraction of sp³-hybridized carbons (Fsp3) is 0.810. The highest BCUT2D eigenvalue weighted by atomic mass is 16.4. The number of hydrogen-bond donors (Lipinski definition) is 1. The van der Waals surface area contributed by atoms with E-state index in [1.54, 1.807) is 12.4 Å². The molecule has 0 spiro atoms. The van der Waals surface area contributed by atoms with E-state index in [0.717, 1.165) is 25.1 Å². The minimum absolute atomic E-state index is 0.0604. The summed E-state index contributed by atoms with van der Waals surface area (Å²) in [5.74, 6) is -0.261. The summed E-state index contributed by atoms with van der Waals surface area (Å²) in [6.07, 6.45) is 19.8. The van der Waals surface area contributed by atoms with Crippen LogP contribution in [0.3, 0.4) is 0 Å². The van der Waals surface area contributed by atoms with Crippen LogP contribution in [0.4, 0.5) is 0 Å². The molecular weight excluding hydrogens is 328 g/mol. The molecule has 0 amide bonds. The van der Waals surface area contributed by atoms with Crippen LogP contribution in [0, 0.1) is 0 Å². The Morgan fingerprint density at radius 2 is 1.54 bits per heavy atom. The molecule has 1 N–H and O–H groups in total. The van der Waals surface area contributed by atoms with Crippen LogP contribution in [0.25, 0.3) is 0 Å². The Hall–Kier alpha value is -1.20. The van der Waals surface area contributed by atoms with E-state index >= 15 is 0 Å². The Morgan fingerprint density at radius 3 is 2.04 bits per heavy atom. The van der Waals surface area contributed by atoms with Crippen molar-refractivity contribution in [3.63, 3.8) is 0 Å². The van der Waals surface area contributed by atoms with Gasteiger partial charge in [0.05, 0.1) is 18.8 Å². The number of carbonyl (C=O) groups is 1. The third-order valence-corrected chi connectivity index (χ3v) is 5.25. The summed E-state index contributed by atoms with van der Waals surface area (Å²) in [6, 6.07) is 0. The van der Waals surface area contributed by atoms with E-state index in [0.29, 0.717) is 6.54 Å². The lowest BCUT2D eigenvalue weighted by atomic mass is 10.0. The Labute approximate surface area is 159 Å². The zero-order valence-corrected chi connectivity index (χ0v) is 16.6. The average Bonchev–Trinajstić information content (AvgIpc) is 2.97. The van der Waals surface area contributed by atoms with Crippen molar-refractivity contribution in [1.29, 1.82) is 0 Å². The highest BCUT2D eigenvalue weighted by Crippen LogP contribution is 2.21. The topological polar surface area (TPSA) is 72.7 Å². The smallest absolute Gasteiger partial charge is 0.207 e. The third kappa shape index (κ3) is 8.95. The average molecular weight is 367 g/mol. The monoisotopic (exact) mass is 366 g/mol. The standard InChI is InChI=1S/C21H38N2O3/c1-2-3-4-5-6-7-8-9-10-11-12-13-14-20-22-15-16-23(20,17-18-24)19-21(25)26/h15-16,24H,2-14,17-19H2,1H3. The van der Waals surface area contributed by atoms with Crippen LogP contribution in [-0.2, 0) is 4.79 Å². The molecule has 1 aliphatic rings. The van der Waals surface area contributed by atoms with Crippen molar-refractivity contribution >= 4 is 11.8 Å². The molecule has 0 bridgehead atoms. The van der Waals surface area contributed by atoms with Gasteiger partial charge in [0.15, 0.2) is 0 Å². The maximum atomic E-state index is 11.1. The maximum Gasteiger partial charge on any atom is 0.207 e. The van der Waals surface area contributed by atoms with Crippen LogP contribution in [-0.4, -0.2) is 41.1 Å². The number of aliphatic hydroxyl groups excluding tert-OH is 1. The Kier molecular flexibility index (Phi) is 12.2. The summed E-state index contributed by atoms with van der Waals surface area (Å²) in [7, 11) is 0. The van der Waals surface area contributed by atoms with Gasteiger partial charge < -0.3 is 15.0 Å². The summed E-state index contributed by atoms with van der Waals surface area (Å²) in [6.45, 7) is 2.40. The molecule has 0 saturated carbocycles.